The molecule has 0 aliphatic carbocycles. The molecule has 0 aliphatic heterocycles. The topological polar surface area (TPSA) is 47.6 Å². The van der Waals surface area contributed by atoms with Crippen molar-refractivity contribution in [1.82, 2.24) is 5.32 Å². The van der Waals surface area contributed by atoms with Crippen LogP contribution < -0.4 is 14.8 Å². The third-order valence-corrected chi connectivity index (χ3v) is 4.80. The van der Waals surface area contributed by atoms with Crippen LogP contribution in [-0.4, -0.2) is 32.4 Å². The van der Waals surface area contributed by atoms with Crippen molar-refractivity contribution in [2.24, 2.45) is 0 Å². The van der Waals surface area contributed by atoms with Crippen molar-refractivity contribution in [3.63, 3.8) is 0 Å². The Hall–Kier alpha value is -2.14. The zero-order valence-corrected chi connectivity index (χ0v) is 15.8. The highest BCUT2D eigenvalue weighted by Crippen LogP contribution is 2.27. The first-order valence-electron chi connectivity index (χ1n) is 8.23. The lowest BCUT2D eigenvalue weighted by atomic mass is 10.1. The fourth-order valence-corrected chi connectivity index (χ4v) is 3.19. The fourth-order valence-electron chi connectivity index (χ4n) is 2.38. The minimum absolute atomic E-state index is 0.0168. The lowest BCUT2D eigenvalue weighted by Crippen LogP contribution is -2.27. The van der Waals surface area contributed by atoms with Crippen LogP contribution in [0.4, 0.5) is 0 Å². The summed E-state index contributed by atoms with van der Waals surface area (Å²) in [6, 6.07) is 14.1. The number of carbonyl (C=O) groups excluding carboxylic acids is 1. The number of rotatable bonds is 9. The van der Waals surface area contributed by atoms with Crippen molar-refractivity contribution in [2.45, 2.75) is 19.1 Å². The van der Waals surface area contributed by atoms with Gasteiger partial charge in [-0.2, -0.15) is 11.8 Å². The number of methoxy groups -OCH3 is 2. The molecule has 0 saturated heterocycles. The first-order chi connectivity index (χ1) is 12.1. The normalized spacial score (nSPS) is 10.4. The molecule has 0 bridgehead atoms. The van der Waals surface area contributed by atoms with Crippen molar-refractivity contribution in [2.75, 3.05) is 26.5 Å². The van der Waals surface area contributed by atoms with Crippen LogP contribution in [0.3, 0.4) is 0 Å². The molecule has 4 nitrogen and oxygen atoms in total. The summed E-state index contributed by atoms with van der Waals surface area (Å²) in [6.45, 7) is 2.76. The van der Waals surface area contributed by atoms with Gasteiger partial charge in [-0.1, -0.05) is 35.9 Å². The van der Waals surface area contributed by atoms with Gasteiger partial charge in [0.2, 0.25) is 5.91 Å². The summed E-state index contributed by atoms with van der Waals surface area (Å²) >= 11 is 1.82. The lowest BCUT2D eigenvalue weighted by Gasteiger charge is -2.10. The molecule has 2 aromatic rings. The number of thioether (sulfide) groups is 1. The average molecular weight is 359 g/mol. The van der Waals surface area contributed by atoms with E-state index in [1.165, 1.54) is 11.1 Å². The molecule has 0 heterocycles. The molecule has 134 valence electrons. The fraction of sp³-hybridized carbons (Fsp3) is 0.350. The van der Waals surface area contributed by atoms with Crippen LogP contribution in [0.1, 0.15) is 16.7 Å². The van der Waals surface area contributed by atoms with E-state index < -0.39 is 0 Å². The van der Waals surface area contributed by atoms with Crippen molar-refractivity contribution in [1.29, 1.82) is 0 Å². The van der Waals surface area contributed by atoms with E-state index in [-0.39, 0.29) is 5.91 Å². The smallest absolute Gasteiger partial charge is 0.224 e. The summed E-state index contributed by atoms with van der Waals surface area (Å²) in [5.74, 6) is 3.18. The summed E-state index contributed by atoms with van der Waals surface area (Å²) in [6.07, 6.45) is 0.336. The minimum Gasteiger partial charge on any atom is -0.493 e. The van der Waals surface area contributed by atoms with Gasteiger partial charge in [-0.3, -0.25) is 4.79 Å². The van der Waals surface area contributed by atoms with Gasteiger partial charge >= 0.3 is 0 Å². The highest BCUT2D eigenvalue weighted by molar-refractivity contribution is 7.98. The number of nitrogens with one attached hydrogen (secondary N) is 1. The standard InChI is InChI=1S/C20H25NO3S/c1-15-4-6-16(7-5-15)14-25-11-10-21-20(22)13-17-8-9-18(23-2)19(12-17)24-3/h4-9,12H,10-11,13-14H2,1-3H3,(H,21,22). The van der Waals surface area contributed by atoms with E-state index in [0.29, 0.717) is 24.5 Å². The molecule has 1 N–H and O–H groups in total. The quantitative estimate of drug-likeness (QED) is 0.695. The summed E-state index contributed by atoms with van der Waals surface area (Å²) in [5, 5.41) is 2.96. The van der Waals surface area contributed by atoms with E-state index in [0.717, 1.165) is 17.1 Å². The van der Waals surface area contributed by atoms with E-state index in [1.54, 1.807) is 14.2 Å². The van der Waals surface area contributed by atoms with Crippen LogP contribution in [0.25, 0.3) is 0 Å². The van der Waals surface area contributed by atoms with Crippen LogP contribution in [-0.2, 0) is 17.0 Å². The molecular weight excluding hydrogens is 334 g/mol. The number of carbonyl (C=O) groups is 1. The number of amides is 1. The predicted molar refractivity (Wildman–Crippen MR) is 104 cm³/mol. The first-order valence-corrected chi connectivity index (χ1v) is 9.38. The highest BCUT2D eigenvalue weighted by atomic mass is 32.2. The summed E-state index contributed by atoms with van der Waals surface area (Å²) < 4.78 is 10.5. The predicted octanol–water partition coefficient (Wildman–Crippen LogP) is 3.60. The van der Waals surface area contributed by atoms with Crippen molar-refractivity contribution < 1.29 is 14.3 Å². The maximum atomic E-state index is 12.0. The summed E-state index contributed by atoms with van der Waals surface area (Å²) in [4.78, 5) is 12.0. The molecule has 0 saturated carbocycles. The molecule has 1 amide bonds. The van der Waals surface area contributed by atoms with Crippen LogP contribution >= 0.6 is 11.8 Å². The lowest BCUT2D eigenvalue weighted by molar-refractivity contribution is -0.120. The number of aryl methyl sites for hydroxylation is 1. The number of ether oxygens (including phenoxy) is 2. The van der Waals surface area contributed by atoms with E-state index in [1.807, 2.05) is 30.0 Å². The number of hydrogen-bond donors (Lipinski definition) is 1. The van der Waals surface area contributed by atoms with Gasteiger partial charge in [0.1, 0.15) is 0 Å². The van der Waals surface area contributed by atoms with Crippen LogP contribution in [0.2, 0.25) is 0 Å². The van der Waals surface area contributed by atoms with Gasteiger partial charge < -0.3 is 14.8 Å². The molecule has 2 rings (SSSR count). The second-order valence-corrected chi connectivity index (χ2v) is 6.86. The van der Waals surface area contributed by atoms with Crippen LogP contribution in [0, 0.1) is 6.92 Å². The molecule has 0 radical (unpaired) electrons. The Morgan fingerprint density at radius 1 is 1.00 bits per heavy atom. The minimum atomic E-state index is 0.0168. The Balaban J connectivity index is 1.69. The Kier molecular flexibility index (Phi) is 7.67. The number of hydrogen-bond acceptors (Lipinski definition) is 4. The maximum Gasteiger partial charge on any atom is 0.224 e. The molecular formula is C20H25NO3S. The second kappa shape index (κ2) is 9.99. The molecule has 2 aromatic carbocycles. The van der Waals surface area contributed by atoms with Gasteiger partial charge in [0.15, 0.2) is 11.5 Å². The van der Waals surface area contributed by atoms with Crippen molar-refractivity contribution >= 4 is 17.7 Å². The van der Waals surface area contributed by atoms with E-state index in [4.69, 9.17) is 9.47 Å². The van der Waals surface area contributed by atoms with Gasteiger partial charge in [-0.05, 0) is 30.2 Å². The SMILES string of the molecule is COc1ccc(CC(=O)NCCSCc2ccc(C)cc2)cc1OC. The van der Waals surface area contributed by atoms with Gasteiger partial charge in [-0.15, -0.1) is 0 Å². The zero-order valence-electron chi connectivity index (χ0n) is 15.0. The van der Waals surface area contributed by atoms with Crippen LogP contribution in [0.15, 0.2) is 42.5 Å². The Morgan fingerprint density at radius 2 is 1.68 bits per heavy atom. The molecule has 5 heteroatoms. The first kappa shape index (κ1) is 19.2. The van der Waals surface area contributed by atoms with Crippen molar-refractivity contribution in [3.05, 3.63) is 59.2 Å². The van der Waals surface area contributed by atoms with Crippen LogP contribution in [0.5, 0.6) is 11.5 Å². The molecule has 25 heavy (non-hydrogen) atoms. The Labute approximate surface area is 153 Å². The third kappa shape index (κ3) is 6.35. The number of benzene rings is 2. The third-order valence-electron chi connectivity index (χ3n) is 3.77. The van der Waals surface area contributed by atoms with E-state index in [2.05, 4.69) is 36.5 Å². The molecule has 0 spiro atoms. The van der Waals surface area contributed by atoms with Gasteiger partial charge in [0.25, 0.3) is 0 Å². The van der Waals surface area contributed by atoms with Gasteiger partial charge in [-0.25, -0.2) is 0 Å². The van der Waals surface area contributed by atoms with Gasteiger partial charge in [0.05, 0.1) is 20.6 Å². The average Bonchev–Trinajstić information content (AvgIpc) is 2.62. The Morgan fingerprint density at radius 3 is 2.36 bits per heavy atom. The van der Waals surface area contributed by atoms with E-state index >= 15 is 0 Å². The maximum absolute atomic E-state index is 12.0. The molecule has 0 unspecified atom stereocenters. The Bertz CT molecular complexity index is 686. The summed E-state index contributed by atoms with van der Waals surface area (Å²) in [5.41, 5.74) is 3.49. The molecule has 0 fully saturated rings. The monoisotopic (exact) mass is 359 g/mol. The summed E-state index contributed by atoms with van der Waals surface area (Å²) in [7, 11) is 3.19. The largest absolute Gasteiger partial charge is 0.493 e. The second-order valence-electron chi connectivity index (χ2n) is 5.75. The van der Waals surface area contributed by atoms with E-state index in [9.17, 15) is 4.79 Å². The molecule has 0 aromatic heterocycles. The molecule has 0 aliphatic rings. The zero-order chi connectivity index (χ0) is 18.1. The van der Waals surface area contributed by atoms with Gasteiger partial charge in [0, 0.05) is 18.1 Å². The van der Waals surface area contributed by atoms with Crippen molar-refractivity contribution in [3.8, 4) is 11.5 Å². The highest BCUT2D eigenvalue weighted by Gasteiger charge is 2.08. The molecule has 0 atom stereocenters.